The molecule has 0 spiro atoms. The number of ketones is 1. The maximum absolute atomic E-state index is 13.5. The number of hydrogen-bond acceptors (Lipinski definition) is 3. The van der Waals surface area contributed by atoms with E-state index in [1.165, 1.54) is 15.9 Å². The zero-order valence-electron chi connectivity index (χ0n) is 14.8. The van der Waals surface area contributed by atoms with Crippen molar-refractivity contribution in [3.8, 4) is 11.5 Å². The lowest BCUT2D eigenvalue weighted by Gasteiger charge is -2.59. The predicted octanol–water partition coefficient (Wildman–Crippen LogP) is -0.580. The highest BCUT2D eigenvalue weighted by Gasteiger charge is 2.70. The Labute approximate surface area is 152 Å². The third-order valence-corrected chi connectivity index (χ3v) is 6.74. The van der Waals surface area contributed by atoms with Gasteiger partial charge >= 0.3 is 0 Å². The molecule has 2 atom stereocenters. The van der Waals surface area contributed by atoms with Crippen molar-refractivity contribution in [2.45, 2.75) is 18.5 Å². The molecule has 134 valence electrons. The second-order valence-electron chi connectivity index (χ2n) is 8.54. The number of piperidine rings is 2. The molecule has 0 amide bonds. The minimum absolute atomic E-state index is 0.0768. The zero-order valence-corrected chi connectivity index (χ0v) is 14.8. The Morgan fingerprint density at radius 1 is 0.962 bits per heavy atom. The Morgan fingerprint density at radius 2 is 1.62 bits per heavy atom. The van der Waals surface area contributed by atoms with Gasteiger partial charge in [-0.2, -0.15) is 0 Å². The molecule has 0 aromatic heterocycles. The number of Topliss-reactive ketones (excluding diaryl/α,β-unsaturated/α-hetero) is 1. The van der Waals surface area contributed by atoms with Crippen LogP contribution in [-0.4, -0.2) is 42.2 Å². The molecule has 4 N–H and O–H groups in total. The third-order valence-electron chi connectivity index (χ3n) is 6.74. The van der Waals surface area contributed by atoms with Gasteiger partial charge in [-0.25, -0.2) is 0 Å². The second kappa shape index (κ2) is 5.09. The molecule has 5 nitrogen and oxygen atoms in total. The summed E-state index contributed by atoms with van der Waals surface area (Å²) in [5.74, 6) is 0.609. The molecule has 2 aromatic rings. The van der Waals surface area contributed by atoms with E-state index >= 15 is 0 Å². The van der Waals surface area contributed by atoms with Gasteiger partial charge in [0.25, 0.3) is 0 Å². The lowest BCUT2D eigenvalue weighted by Crippen LogP contribution is -3.41. The highest BCUT2D eigenvalue weighted by Crippen LogP contribution is 2.39. The molecule has 0 aliphatic carbocycles. The Bertz CT molecular complexity index is 879. The Morgan fingerprint density at radius 3 is 2.23 bits per heavy atom. The predicted molar refractivity (Wildman–Crippen MR) is 95.1 cm³/mol. The summed E-state index contributed by atoms with van der Waals surface area (Å²) in [6.45, 7) is 5.24. The number of hydrogen-bond donors (Lipinski definition) is 4. The van der Waals surface area contributed by atoms with Gasteiger partial charge in [0.2, 0.25) is 6.17 Å². The number of aromatic hydroxyl groups is 2. The van der Waals surface area contributed by atoms with Crippen molar-refractivity contribution in [3.63, 3.8) is 0 Å². The fourth-order valence-corrected chi connectivity index (χ4v) is 5.93. The van der Waals surface area contributed by atoms with Crippen LogP contribution in [0, 0.1) is 5.41 Å². The second-order valence-corrected chi connectivity index (χ2v) is 8.54. The minimum Gasteiger partial charge on any atom is -0.508 e. The molecule has 2 unspecified atom stereocenters. The molecule has 0 radical (unpaired) electrons. The van der Waals surface area contributed by atoms with E-state index in [0.29, 0.717) is 5.78 Å². The number of phenols is 2. The summed E-state index contributed by atoms with van der Waals surface area (Å²) in [6, 6.07) is 15.1. The van der Waals surface area contributed by atoms with Gasteiger partial charge < -0.3 is 10.2 Å². The van der Waals surface area contributed by atoms with E-state index in [9.17, 15) is 15.0 Å². The van der Waals surface area contributed by atoms with E-state index in [1.807, 2.05) is 24.3 Å². The first-order valence-electron chi connectivity index (χ1n) is 9.24. The Hall–Kier alpha value is -2.37. The van der Waals surface area contributed by atoms with Gasteiger partial charge in [0, 0.05) is 6.07 Å². The number of carbonyl (C=O) groups excluding carboxylic acids is 1. The normalized spacial score (nSPS) is 37.9. The van der Waals surface area contributed by atoms with Crippen LogP contribution in [0.5, 0.6) is 11.5 Å². The molecule has 4 aliphatic rings. The molecular formula is C21H24N2O3+2. The molecule has 5 heteroatoms. The largest absolute Gasteiger partial charge is 0.508 e. The van der Waals surface area contributed by atoms with Gasteiger partial charge in [0.15, 0.2) is 11.2 Å². The number of nitrogens with one attached hydrogen (secondary N) is 2. The smallest absolute Gasteiger partial charge is 0.244 e. The molecule has 2 aromatic carbocycles. The molecule has 26 heavy (non-hydrogen) atoms. The summed E-state index contributed by atoms with van der Waals surface area (Å²) in [6.07, 6.45) is 0.105. The van der Waals surface area contributed by atoms with Crippen molar-refractivity contribution >= 4 is 5.78 Å². The van der Waals surface area contributed by atoms with Crippen molar-refractivity contribution in [2.24, 2.45) is 5.41 Å². The first-order valence-corrected chi connectivity index (χ1v) is 9.24. The average molecular weight is 352 g/mol. The number of quaternary nitrogens is 2. The van der Waals surface area contributed by atoms with Crippen LogP contribution in [0.1, 0.15) is 24.2 Å². The van der Waals surface area contributed by atoms with Crippen molar-refractivity contribution < 1.29 is 24.8 Å². The third kappa shape index (κ3) is 1.95. The van der Waals surface area contributed by atoms with Gasteiger partial charge in [-0.3, -0.25) is 14.6 Å². The highest BCUT2D eigenvalue weighted by molar-refractivity contribution is 5.96. The highest BCUT2D eigenvalue weighted by atomic mass is 16.3. The van der Waals surface area contributed by atoms with E-state index in [4.69, 9.17) is 0 Å². The Kier molecular flexibility index (Phi) is 3.10. The van der Waals surface area contributed by atoms with E-state index in [0.717, 1.165) is 37.3 Å². The lowest BCUT2D eigenvalue weighted by molar-refractivity contribution is -1.18. The summed E-state index contributed by atoms with van der Waals surface area (Å²) in [5, 5.41) is 20.1. The van der Waals surface area contributed by atoms with Crippen LogP contribution in [0.3, 0.4) is 0 Å². The summed E-state index contributed by atoms with van der Waals surface area (Å²) in [4.78, 5) is 16.2. The fourth-order valence-electron chi connectivity index (χ4n) is 5.93. The van der Waals surface area contributed by atoms with Crippen LogP contribution < -0.4 is 9.80 Å². The maximum Gasteiger partial charge on any atom is 0.244 e. The van der Waals surface area contributed by atoms with Crippen LogP contribution in [0.4, 0.5) is 0 Å². The first-order chi connectivity index (χ1) is 12.4. The number of benzene rings is 2. The number of rotatable bonds is 2. The van der Waals surface area contributed by atoms with Gasteiger partial charge in [-0.05, 0) is 24.6 Å². The van der Waals surface area contributed by atoms with Crippen LogP contribution in [-0.2, 0) is 10.2 Å². The molecule has 4 bridgehead atoms. The van der Waals surface area contributed by atoms with Gasteiger partial charge in [-0.15, -0.1) is 0 Å². The number of carbonyl (C=O) groups is 1. The van der Waals surface area contributed by atoms with Crippen molar-refractivity contribution in [3.05, 3.63) is 59.7 Å². The van der Waals surface area contributed by atoms with Gasteiger partial charge in [0.05, 0.1) is 0 Å². The van der Waals surface area contributed by atoms with E-state index in [-0.39, 0.29) is 23.1 Å². The first kappa shape index (κ1) is 15.9. The number of phenolic OH excluding ortho intramolecular Hbond substituents is 2. The monoisotopic (exact) mass is 352 g/mol. The van der Waals surface area contributed by atoms with Gasteiger partial charge in [0.1, 0.15) is 48.7 Å². The molecule has 4 saturated heterocycles. The van der Waals surface area contributed by atoms with E-state index < -0.39 is 5.41 Å². The quantitative estimate of drug-likeness (QED) is 0.585. The maximum atomic E-state index is 13.5. The molecule has 0 saturated carbocycles. The fraction of sp³-hybridized carbons (Fsp3) is 0.381. The standard InChI is InChI=1S/C21H22N2O3/c1-20-10-22-12-21(19(20)26,14-5-3-2-4-6-14)13-23(11-20)18(22)16-8-7-15(24)9-17(16)25/h2-9,18,24-25H,10-13H2,1H3/p+2. The lowest BCUT2D eigenvalue weighted by atomic mass is 9.58. The van der Waals surface area contributed by atoms with Crippen LogP contribution >= 0.6 is 0 Å². The summed E-state index contributed by atoms with van der Waals surface area (Å²) < 4.78 is 0. The van der Waals surface area contributed by atoms with Crippen molar-refractivity contribution in [1.82, 2.24) is 0 Å². The van der Waals surface area contributed by atoms with Crippen LogP contribution in [0.2, 0.25) is 0 Å². The molecule has 6 rings (SSSR count). The SMILES string of the molecule is CC12C[NH+]3CC(c4ccccc4)(C[NH+](C1)C3c1ccc(O)cc1O)C2=O. The average Bonchev–Trinajstić information content (AvgIpc) is 2.60. The molecule has 4 aliphatic heterocycles. The van der Waals surface area contributed by atoms with Crippen LogP contribution in [0.25, 0.3) is 0 Å². The molecule has 4 heterocycles. The van der Waals surface area contributed by atoms with E-state index in [1.54, 1.807) is 6.07 Å². The Balaban J connectivity index is 1.61. The zero-order chi connectivity index (χ0) is 18.1. The summed E-state index contributed by atoms with van der Waals surface area (Å²) in [7, 11) is 0. The van der Waals surface area contributed by atoms with E-state index in [2.05, 4.69) is 19.1 Å². The van der Waals surface area contributed by atoms with Gasteiger partial charge in [-0.1, -0.05) is 30.3 Å². The summed E-state index contributed by atoms with van der Waals surface area (Å²) >= 11 is 0. The topological polar surface area (TPSA) is 66.4 Å². The van der Waals surface area contributed by atoms with Crippen molar-refractivity contribution in [2.75, 3.05) is 26.2 Å². The van der Waals surface area contributed by atoms with Crippen LogP contribution in [0.15, 0.2) is 48.5 Å². The molecular weight excluding hydrogens is 328 g/mol. The molecule has 4 fully saturated rings. The minimum atomic E-state index is -0.430. The summed E-state index contributed by atoms with van der Waals surface area (Å²) in [5.41, 5.74) is 1.24. The van der Waals surface area contributed by atoms with Crippen molar-refractivity contribution in [1.29, 1.82) is 0 Å².